The van der Waals surface area contributed by atoms with Crippen molar-refractivity contribution in [1.29, 1.82) is 0 Å². The molecule has 0 radical (unpaired) electrons. The van der Waals surface area contributed by atoms with Crippen LogP contribution in [0.3, 0.4) is 0 Å². The molecule has 0 heterocycles. The zero-order chi connectivity index (χ0) is 4.83. The van der Waals surface area contributed by atoms with Crippen molar-refractivity contribution in [2.24, 2.45) is 0 Å². The quantitative estimate of drug-likeness (QED) is 0.371. The average Bonchev–Trinajstić information content (AvgIpc) is 1.61. The molecule has 6 heavy (non-hydrogen) atoms. The molecule has 0 saturated heterocycles. The van der Waals surface area contributed by atoms with Gasteiger partial charge in [0.1, 0.15) is 0 Å². The summed E-state index contributed by atoms with van der Waals surface area (Å²) in [7, 11) is 0. The Morgan fingerprint density at radius 3 is 2.67 bits per heavy atom. The van der Waals surface area contributed by atoms with E-state index in [4.69, 9.17) is 11.7 Å². The summed E-state index contributed by atoms with van der Waals surface area (Å²) in [6.45, 7) is 6.44. The summed E-state index contributed by atoms with van der Waals surface area (Å²) >= 11 is 0. The van der Waals surface area contributed by atoms with Gasteiger partial charge in [-0.15, -0.1) is 0 Å². The molecule has 0 saturated carbocycles. The summed E-state index contributed by atoms with van der Waals surface area (Å²) in [6.07, 6.45) is 2.26. The van der Waals surface area contributed by atoms with Gasteiger partial charge >= 0.3 is 0 Å². The van der Waals surface area contributed by atoms with Crippen LogP contribution in [0, 0.1) is 6.57 Å². The molecule has 0 rings (SSSR count). The summed E-state index contributed by atoms with van der Waals surface area (Å²) in [5.74, 6) is 0. The van der Waals surface area contributed by atoms with Gasteiger partial charge in [0.15, 0.2) is 0 Å². The first kappa shape index (κ1) is 5.03. The molecule has 1 N–H and O–H groups in total. The van der Waals surface area contributed by atoms with Gasteiger partial charge in [0.25, 0.3) is 0 Å². The molecule has 0 unspecified atom stereocenters. The number of aliphatic hydroxyl groups excluding tert-OH is 1. The Kier molecular flexibility index (Phi) is 3.38. The van der Waals surface area contributed by atoms with Gasteiger partial charge < -0.3 is 9.95 Å². The highest BCUT2D eigenvalue weighted by Crippen LogP contribution is 1.66. The Bertz CT molecular complexity index is 80.0. The van der Waals surface area contributed by atoms with Crippen molar-refractivity contribution < 1.29 is 5.11 Å². The maximum absolute atomic E-state index is 7.87. The molecule has 0 spiro atoms. The lowest BCUT2D eigenvalue weighted by Gasteiger charge is -1.63. The fourth-order valence-corrected chi connectivity index (χ4v) is 0.0998. The van der Waals surface area contributed by atoms with E-state index < -0.39 is 0 Å². The molecule has 0 aliphatic carbocycles. The molecule has 0 aliphatic rings. The van der Waals surface area contributed by atoms with Crippen LogP contribution in [-0.2, 0) is 0 Å². The van der Waals surface area contributed by atoms with Crippen LogP contribution in [-0.4, -0.2) is 11.7 Å². The van der Waals surface area contributed by atoms with Crippen LogP contribution in [0.25, 0.3) is 4.85 Å². The molecule has 0 aromatic carbocycles. The monoisotopic (exact) mass is 83.0 g/mol. The van der Waals surface area contributed by atoms with E-state index in [2.05, 4.69) is 4.85 Å². The topological polar surface area (TPSA) is 24.6 Å². The summed E-state index contributed by atoms with van der Waals surface area (Å²) in [4.78, 5) is 2.93. The van der Waals surface area contributed by atoms with E-state index in [0.29, 0.717) is 0 Å². The molecule has 0 aromatic rings. The second-order valence-electron chi connectivity index (χ2n) is 0.725. The third-order valence-corrected chi connectivity index (χ3v) is 0.302. The Morgan fingerprint density at radius 1 is 1.83 bits per heavy atom. The van der Waals surface area contributed by atoms with Gasteiger partial charge in [-0.3, -0.25) is 0 Å². The molecule has 0 aliphatic heterocycles. The first-order valence-electron chi connectivity index (χ1n) is 1.54. The molecule has 2 nitrogen and oxygen atoms in total. The lowest BCUT2D eigenvalue weighted by atomic mass is 10.6. The van der Waals surface area contributed by atoms with Crippen LogP contribution in [0.1, 0.15) is 0 Å². The van der Waals surface area contributed by atoms with Crippen LogP contribution in [0.15, 0.2) is 12.3 Å². The first-order valence-corrected chi connectivity index (χ1v) is 1.54. The van der Waals surface area contributed by atoms with E-state index >= 15 is 0 Å². The summed E-state index contributed by atoms with van der Waals surface area (Å²) in [6, 6.07) is 0. The molecule has 0 bridgehead atoms. The smallest absolute Gasteiger partial charge is 0.236 e. The minimum atomic E-state index is 0.274. The zero-order valence-corrected chi connectivity index (χ0v) is 3.26. The number of hydrogen-bond donors (Lipinski definition) is 1. The maximum Gasteiger partial charge on any atom is 0.236 e. The number of hydrogen-bond acceptors (Lipinski definition) is 1. The van der Waals surface area contributed by atoms with E-state index in [0.717, 1.165) is 6.26 Å². The standard InChI is InChI=1S/C4H5NO/c1-5-3-2-4-6/h2,4,6H,3H2/b4-2+. The normalized spacial score (nSPS) is 8.50. The molecule has 0 amide bonds. The Hall–Kier alpha value is -0.970. The summed E-state index contributed by atoms with van der Waals surface area (Å²) < 4.78 is 0. The molecule has 0 aromatic heterocycles. The lowest BCUT2D eigenvalue weighted by molar-refractivity contribution is 0.472. The highest BCUT2D eigenvalue weighted by atomic mass is 16.2. The fourth-order valence-electron chi connectivity index (χ4n) is 0.0998. The van der Waals surface area contributed by atoms with Gasteiger partial charge in [-0.2, -0.15) is 0 Å². The minimum Gasteiger partial charge on any atom is -0.516 e. The third kappa shape index (κ3) is 3.03. The van der Waals surface area contributed by atoms with E-state index in [-0.39, 0.29) is 6.54 Å². The molecular weight excluding hydrogens is 78.0 g/mol. The summed E-state index contributed by atoms with van der Waals surface area (Å²) in [5.41, 5.74) is 0. The highest BCUT2D eigenvalue weighted by Gasteiger charge is 1.65. The SMILES string of the molecule is [C-]#[N+]C/C=C/O. The van der Waals surface area contributed by atoms with Gasteiger partial charge in [0.05, 0.1) is 6.26 Å². The van der Waals surface area contributed by atoms with Crippen LogP contribution < -0.4 is 0 Å². The number of nitrogens with zero attached hydrogens (tertiary/aromatic N) is 1. The molecule has 0 fully saturated rings. The second-order valence-corrected chi connectivity index (χ2v) is 0.725. The van der Waals surface area contributed by atoms with E-state index in [1.807, 2.05) is 0 Å². The van der Waals surface area contributed by atoms with Gasteiger partial charge in [0, 0.05) is 6.08 Å². The fraction of sp³-hybridized carbons (Fsp3) is 0.250. The largest absolute Gasteiger partial charge is 0.516 e. The minimum absolute atomic E-state index is 0.274. The van der Waals surface area contributed by atoms with Crippen molar-refractivity contribution in [2.75, 3.05) is 6.54 Å². The van der Waals surface area contributed by atoms with Crippen molar-refractivity contribution in [1.82, 2.24) is 0 Å². The Labute approximate surface area is 36.5 Å². The number of rotatable bonds is 1. The van der Waals surface area contributed by atoms with Crippen molar-refractivity contribution in [3.05, 3.63) is 23.8 Å². The predicted octanol–water partition coefficient (Wildman–Crippen LogP) is 0.977. The Morgan fingerprint density at radius 2 is 2.50 bits per heavy atom. The molecule has 32 valence electrons. The molecule has 0 atom stereocenters. The van der Waals surface area contributed by atoms with Crippen LogP contribution in [0.2, 0.25) is 0 Å². The third-order valence-electron chi connectivity index (χ3n) is 0.302. The average molecular weight is 83.1 g/mol. The van der Waals surface area contributed by atoms with Crippen molar-refractivity contribution in [2.45, 2.75) is 0 Å². The van der Waals surface area contributed by atoms with Gasteiger partial charge in [-0.1, -0.05) is 0 Å². The van der Waals surface area contributed by atoms with Crippen LogP contribution >= 0.6 is 0 Å². The predicted molar refractivity (Wildman–Crippen MR) is 23.2 cm³/mol. The molecule has 2 heteroatoms. The highest BCUT2D eigenvalue weighted by molar-refractivity contribution is 4.80. The summed E-state index contributed by atoms with van der Waals surface area (Å²) in [5, 5.41) is 7.87. The Balaban J connectivity index is 2.92. The van der Waals surface area contributed by atoms with Crippen LogP contribution in [0.5, 0.6) is 0 Å². The first-order chi connectivity index (χ1) is 2.91. The van der Waals surface area contributed by atoms with E-state index in [1.165, 1.54) is 6.08 Å². The van der Waals surface area contributed by atoms with Gasteiger partial charge in [0.2, 0.25) is 6.54 Å². The second kappa shape index (κ2) is 4.03. The number of aliphatic hydroxyl groups is 1. The van der Waals surface area contributed by atoms with Gasteiger partial charge in [-0.05, 0) is 0 Å². The van der Waals surface area contributed by atoms with Crippen molar-refractivity contribution in [3.63, 3.8) is 0 Å². The maximum atomic E-state index is 7.87. The lowest BCUT2D eigenvalue weighted by Crippen LogP contribution is -1.60. The molecular formula is C4H5NO. The zero-order valence-electron chi connectivity index (χ0n) is 3.26. The van der Waals surface area contributed by atoms with Gasteiger partial charge in [-0.25, -0.2) is 6.57 Å². The van der Waals surface area contributed by atoms with E-state index in [9.17, 15) is 0 Å². The van der Waals surface area contributed by atoms with Crippen molar-refractivity contribution in [3.8, 4) is 0 Å². The van der Waals surface area contributed by atoms with Crippen LogP contribution in [0.4, 0.5) is 0 Å². The van der Waals surface area contributed by atoms with E-state index in [1.54, 1.807) is 0 Å². The van der Waals surface area contributed by atoms with Crippen molar-refractivity contribution >= 4 is 0 Å².